The van der Waals surface area contributed by atoms with E-state index in [9.17, 15) is 40.3 Å². The van der Waals surface area contributed by atoms with Crippen LogP contribution >= 0.6 is 0 Å². The first kappa shape index (κ1) is 23.0. The third kappa shape index (κ3) is 4.31. The first-order valence-corrected chi connectivity index (χ1v) is 8.17. The lowest BCUT2D eigenvalue weighted by Gasteiger charge is -2.35. The van der Waals surface area contributed by atoms with Crippen LogP contribution in [0.4, 0.5) is 36.4 Å². The van der Waals surface area contributed by atoms with Gasteiger partial charge in [-0.15, -0.1) is 0 Å². The van der Waals surface area contributed by atoms with E-state index in [2.05, 4.69) is 4.74 Å². The average Bonchev–Trinajstić information content (AvgIpc) is 2.67. The van der Waals surface area contributed by atoms with Crippen molar-refractivity contribution < 1.29 is 45.1 Å². The summed E-state index contributed by atoms with van der Waals surface area (Å²) in [7, 11) is 0. The molecule has 0 unspecified atom stereocenters. The number of nitrogens with one attached hydrogen (secondary N) is 2. The second kappa shape index (κ2) is 8.59. The molecule has 2 aromatic carbocycles. The molecule has 0 aliphatic carbocycles. The molecule has 0 saturated carbocycles. The summed E-state index contributed by atoms with van der Waals surface area (Å²) in [5, 5.41) is 2.59. The summed E-state index contributed by atoms with van der Waals surface area (Å²) in [6.45, 7) is 0.560. The second-order valence-corrected chi connectivity index (χ2v) is 5.75. The summed E-state index contributed by atoms with van der Waals surface area (Å²) < 4.78 is 101. The number of alkyl halides is 3. The molecule has 1 atom stereocenters. The Hall–Kier alpha value is -3.31. The second-order valence-electron chi connectivity index (χ2n) is 5.75. The van der Waals surface area contributed by atoms with Gasteiger partial charge in [-0.2, -0.15) is 13.2 Å². The van der Waals surface area contributed by atoms with Gasteiger partial charge in [-0.1, -0.05) is 12.1 Å². The van der Waals surface area contributed by atoms with E-state index in [1.807, 2.05) is 0 Å². The van der Waals surface area contributed by atoms with Crippen LogP contribution in [-0.4, -0.2) is 30.3 Å². The summed E-state index contributed by atoms with van der Waals surface area (Å²) in [6, 6.07) is 4.57. The van der Waals surface area contributed by atoms with Crippen LogP contribution < -0.4 is 10.6 Å². The Bertz CT molecular complexity index is 965. The van der Waals surface area contributed by atoms with E-state index in [0.717, 1.165) is 31.2 Å². The van der Waals surface area contributed by atoms with Crippen molar-refractivity contribution in [3.8, 4) is 0 Å². The fourth-order valence-corrected chi connectivity index (χ4v) is 2.34. The predicted octanol–water partition coefficient (Wildman–Crippen LogP) is 3.91. The fraction of sp³-hybridized carbons (Fsp3) is 0.222. The van der Waals surface area contributed by atoms with Crippen LogP contribution in [0.25, 0.3) is 0 Å². The lowest BCUT2D eigenvalue weighted by Crippen LogP contribution is -2.69. The van der Waals surface area contributed by atoms with E-state index >= 15 is 0 Å². The average molecular weight is 438 g/mol. The lowest BCUT2D eigenvalue weighted by atomic mass is 10.1. The molecular weight excluding hydrogens is 425 g/mol. The molecule has 0 fully saturated rings. The number of anilines is 1. The van der Waals surface area contributed by atoms with Crippen molar-refractivity contribution >= 4 is 17.6 Å². The number of benzene rings is 2. The molecule has 30 heavy (non-hydrogen) atoms. The summed E-state index contributed by atoms with van der Waals surface area (Å²) >= 11 is 0. The highest BCUT2D eigenvalue weighted by atomic mass is 19.4. The zero-order chi connectivity index (χ0) is 22.7. The van der Waals surface area contributed by atoms with Crippen molar-refractivity contribution in [1.82, 2.24) is 5.32 Å². The Morgan fingerprint density at radius 1 is 0.933 bits per heavy atom. The number of ether oxygens (including phenoxy) is 1. The number of halogens is 7. The molecule has 0 saturated heterocycles. The minimum absolute atomic E-state index is 0.297. The normalized spacial score (nSPS) is 13.3. The molecule has 0 radical (unpaired) electrons. The van der Waals surface area contributed by atoms with Gasteiger partial charge in [0.05, 0.1) is 17.9 Å². The van der Waals surface area contributed by atoms with Gasteiger partial charge in [0.2, 0.25) is 0 Å². The monoisotopic (exact) mass is 438 g/mol. The van der Waals surface area contributed by atoms with Gasteiger partial charge in [-0.25, -0.2) is 22.4 Å². The number of carbonyl (C=O) groups excluding carboxylic acids is 2. The van der Waals surface area contributed by atoms with Crippen LogP contribution in [0.5, 0.6) is 0 Å². The van der Waals surface area contributed by atoms with Gasteiger partial charge in [-0.3, -0.25) is 4.79 Å². The highest BCUT2D eigenvalue weighted by molar-refractivity contribution is 5.99. The maximum absolute atomic E-state index is 14.0. The van der Waals surface area contributed by atoms with Crippen molar-refractivity contribution in [2.75, 3.05) is 11.9 Å². The van der Waals surface area contributed by atoms with E-state index < -0.39 is 64.8 Å². The van der Waals surface area contributed by atoms with Crippen molar-refractivity contribution in [2.24, 2.45) is 0 Å². The Kier molecular flexibility index (Phi) is 6.58. The quantitative estimate of drug-likeness (QED) is 0.311. The van der Waals surface area contributed by atoms with E-state index in [4.69, 9.17) is 0 Å². The molecule has 12 heteroatoms. The SMILES string of the molecule is CCOC(=O)[C@](NC(=O)c1ccccc1F)(Nc1ccc(F)c(F)c1F)C(F)(F)F. The van der Waals surface area contributed by atoms with Gasteiger partial charge in [0.25, 0.3) is 5.91 Å². The van der Waals surface area contributed by atoms with E-state index in [-0.39, 0.29) is 0 Å². The molecule has 0 heterocycles. The van der Waals surface area contributed by atoms with Gasteiger partial charge < -0.3 is 15.4 Å². The van der Waals surface area contributed by atoms with Crippen LogP contribution in [0.15, 0.2) is 36.4 Å². The smallest absolute Gasteiger partial charge is 0.441 e. The zero-order valence-corrected chi connectivity index (χ0v) is 15.0. The molecule has 0 aromatic heterocycles. The standard InChI is InChI=1S/C18H13F7N2O3/c1-2-30-16(29)17(18(23,24)25,26-12-8-7-11(20)13(21)14(12)22)27-15(28)9-5-3-4-6-10(9)19/h3-8,26H,2H2,1H3,(H,27,28)/t17-/m1/s1. The Morgan fingerprint density at radius 3 is 2.13 bits per heavy atom. The van der Waals surface area contributed by atoms with Crippen LogP contribution in [0.2, 0.25) is 0 Å². The fourth-order valence-electron chi connectivity index (χ4n) is 2.34. The number of amides is 1. The molecule has 1 amide bonds. The molecule has 2 rings (SSSR count). The first-order chi connectivity index (χ1) is 13.9. The Labute approximate surface area is 164 Å². The Balaban J connectivity index is 2.62. The van der Waals surface area contributed by atoms with Crippen molar-refractivity contribution in [1.29, 1.82) is 0 Å². The minimum Gasteiger partial charge on any atom is -0.463 e. The highest BCUT2D eigenvalue weighted by Crippen LogP contribution is 2.35. The lowest BCUT2D eigenvalue weighted by molar-refractivity contribution is -0.204. The molecule has 2 aromatic rings. The van der Waals surface area contributed by atoms with Crippen LogP contribution in [0, 0.1) is 23.3 Å². The summed E-state index contributed by atoms with van der Waals surface area (Å²) in [4.78, 5) is 24.5. The Morgan fingerprint density at radius 2 is 1.57 bits per heavy atom. The number of hydrogen-bond donors (Lipinski definition) is 2. The highest BCUT2D eigenvalue weighted by Gasteiger charge is 2.64. The van der Waals surface area contributed by atoms with Gasteiger partial charge in [0.1, 0.15) is 5.82 Å². The van der Waals surface area contributed by atoms with Crippen LogP contribution in [0.3, 0.4) is 0 Å². The van der Waals surface area contributed by atoms with Gasteiger partial charge >= 0.3 is 17.8 Å². The summed E-state index contributed by atoms with van der Waals surface area (Å²) in [5.74, 6) is -11.0. The number of rotatable bonds is 6. The van der Waals surface area contributed by atoms with E-state index in [0.29, 0.717) is 12.1 Å². The third-order valence-corrected chi connectivity index (χ3v) is 3.78. The molecule has 0 spiro atoms. The van der Waals surface area contributed by atoms with Crippen molar-refractivity contribution in [3.05, 3.63) is 65.2 Å². The zero-order valence-electron chi connectivity index (χ0n) is 15.0. The summed E-state index contributed by atoms with van der Waals surface area (Å²) in [6.07, 6.45) is -5.70. The summed E-state index contributed by atoms with van der Waals surface area (Å²) in [5.41, 5.74) is -6.34. The largest absolute Gasteiger partial charge is 0.463 e. The maximum atomic E-state index is 14.0. The van der Waals surface area contributed by atoms with Crippen molar-refractivity contribution in [2.45, 2.75) is 18.8 Å². The van der Waals surface area contributed by atoms with Crippen LogP contribution in [0.1, 0.15) is 17.3 Å². The predicted molar refractivity (Wildman–Crippen MR) is 89.2 cm³/mol. The van der Waals surface area contributed by atoms with Crippen molar-refractivity contribution in [3.63, 3.8) is 0 Å². The number of hydrogen-bond acceptors (Lipinski definition) is 4. The first-order valence-electron chi connectivity index (χ1n) is 8.17. The topological polar surface area (TPSA) is 67.4 Å². The molecule has 5 nitrogen and oxygen atoms in total. The van der Waals surface area contributed by atoms with Gasteiger partial charge in [-0.05, 0) is 31.2 Å². The maximum Gasteiger partial charge on any atom is 0.441 e. The molecule has 0 aliphatic heterocycles. The van der Waals surface area contributed by atoms with E-state index in [1.54, 1.807) is 0 Å². The van der Waals surface area contributed by atoms with Crippen LogP contribution in [-0.2, 0) is 9.53 Å². The van der Waals surface area contributed by atoms with Gasteiger partial charge in [0, 0.05) is 0 Å². The molecule has 0 aliphatic rings. The number of esters is 1. The minimum atomic E-state index is -5.70. The molecule has 2 N–H and O–H groups in total. The number of carbonyl (C=O) groups is 2. The third-order valence-electron chi connectivity index (χ3n) is 3.78. The van der Waals surface area contributed by atoms with E-state index in [1.165, 1.54) is 10.6 Å². The molecule has 0 bridgehead atoms. The molecular formula is C18H13F7N2O3. The molecule has 162 valence electrons. The van der Waals surface area contributed by atoms with Gasteiger partial charge in [0.15, 0.2) is 17.5 Å².